The zero-order chi connectivity index (χ0) is 13.0. The maximum Gasteiger partial charge on any atom is 0.107 e. The number of nitrogens with one attached hydrogen (secondary N) is 1. The minimum absolute atomic E-state index is 0.427. The molecule has 0 aromatic heterocycles. The minimum Gasteiger partial charge on any atom is -0.389 e. The molecule has 1 saturated heterocycles. The molecule has 1 aliphatic heterocycles. The number of benzene rings is 1. The highest BCUT2D eigenvalue weighted by Crippen LogP contribution is 2.27. The van der Waals surface area contributed by atoms with Gasteiger partial charge in [-0.2, -0.15) is 0 Å². The van der Waals surface area contributed by atoms with Crippen LogP contribution in [0.25, 0.3) is 0 Å². The molecule has 0 saturated carbocycles. The van der Waals surface area contributed by atoms with E-state index in [1.165, 1.54) is 0 Å². The summed E-state index contributed by atoms with van der Waals surface area (Å²) in [4.78, 5) is 1.52. The SMILES string of the molecule is CSc1cccc(NN2CCOCC2)c1C(N)=S. The first-order valence-electron chi connectivity index (χ1n) is 5.78. The van der Waals surface area contributed by atoms with Gasteiger partial charge in [0, 0.05) is 23.5 Å². The number of hydrogen-bond donors (Lipinski definition) is 2. The topological polar surface area (TPSA) is 50.5 Å². The first-order valence-corrected chi connectivity index (χ1v) is 7.42. The summed E-state index contributed by atoms with van der Waals surface area (Å²) in [5.41, 5.74) is 11.1. The second-order valence-corrected chi connectivity index (χ2v) is 5.25. The van der Waals surface area contributed by atoms with Crippen molar-refractivity contribution in [2.75, 3.05) is 38.0 Å². The molecule has 0 bridgehead atoms. The third-order valence-electron chi connectivity index (χ3n) is 2.78. The van der Waals surface area contributed by atoms with Crippen molar-refractivity contribution < 1.29 is 4.74 Å². The first kappa shape index (κ1) is 13.6. The Morgan fingerprint density at radius 2 is 2.17 bits per heavy atom. The standard InChI is InChI=1S/C12H17N3OS2/c1-18-10-4-2-3-9(11(10)12(13)17)14-15-5-7-16-8-6-15/h2-4,14H,5-8H2,1H3,(H2,13,17). The Morgan fingerprint density at radius 1 is 1.44 bits per heavy atom. The molecule has 98 valence electrons. The molecule has 1 heterocycles. The van der Waals surface area contributed by atoms with Gasteiger partial charge in [-0.1, -0.05) is 18.3 Å². The van der Waals surface area contributed by atoms with Gasteiger partial charge < -0.3 is 15.9 Å². The zero-order valence-electron chi connectivity index (χ0n) is 10.3. The molecule has 0 aliphatic carbocycles. The van der Waals surface area contributed by atoms with Gasteiger partial charge >= 0.3 is 0 Å². The maximum absolute atomic E-state index is 5.83. The van der Waals surface area contributed by atoms with Crippen LogP contribution in [0.5, 0.6) is 0 Å². The van der Waals surface area contributed by atoms with E-state index in [0.29, 0.717) is 4.99 Å². The van der Waals surface area contributed by atoms with E-state index in [-0.39, 0.29) is 0 Å². The summed E-state index contributed by atoms with van der Waals surface area (Å²) in [6.45, 7) is 3.22. The summed E-state index contributed by atoms with van der Waals surface area (Å²) in [6, 6.07) is 6.05. The Bertz CT molecular complexity index is 433. The van der Waals surface area contributed by atoms with E-state index >= 15 is 0 Å². The fourth-order valence-corrected chi connectivity index (χ4v) is 2.82. The van der Waals surface area contributed by atoms with E-state index in [1.807, 2.05) is 24.5 Å². The third kappa shape index (κ3) is 3.14. The van der Waals surface area contributed by atoms with E-state index in [4.69, 9.17) is 22.7 Å². The monoisotopic (exact) mass is 283 g/mol. The van der Waals surface area contributed by atoms with Gasteiger partial charge in [0.15, 0.2) is 0 Å². The average molecular weight is 283 g/mol. The number of hydrazine groups is 1. The predicted molar refractivity (Wildman–Crippen MR) is 80.1 cm³/mol. The van der Waals surface area contributed by atoms with Crippen LogP contribution in [0.4, 0.5) is 5.69 Å². The fourth-order valence-electron chi connectivity index (χ4n) is 1.89. The van der Waals surface area contributed by atoms with Crippen LogP contribution in [0.1, 0.15) is 5.56 Å². The van der Waals surface area contributed by atoms with Crippen LogP contribution < -0.4 is 11.2 Å². The van der Waals surface area contributed by atoms with Crippen molar-refractivity contribution in [3.05, 3.63) is 23.8 Å². The molecular formula is C12H17N3OS2. The van der Waals surface area contributed by atoms with E-state index in [2.05, 4.69) is 10.4 Å². The number of morpholine rings is 1. The van der Waals surface area contributed by atoms with Crippen LogP contribution in [0.15, 0.2) is 23.1 Å². The number of nitrogens with two attached hydrogens (primary N) is 1. The van der Waals surface area contributed by atoms with Crippen LogP contribution >= 0.6 is 24.0 Å². The summed E-state index contributed by atoms with van der Waals surface area (Å²) >= 11 is 6.80. The molecule has 2 rings (SSSR count). The molecule has 1 aliphatic rings. The second-order valence-electron chi connectivity index (χ2n) is 3.96. The van der Waals surface area contributed by atoms with Gasteiger partial charge in [0.1, 0.15) is 4.99 Å². The molecule has 0 unspecified atom stereocenters. The average Bonchev–Trinajstić information content (AvgIpc) is 2.39. The van der Waals surface area contributed by atoms with E-state index in [9.17, 15) is 0 Å². The van der Waals surface area contributed by atoms with Gasteiger partial charge in [-0.15, -0.1) is 11.8 Å². The highest BCUT2D eigenvalue weighted by atomic mass is 32.2. The first-order chi connectivity index (χ1) is 8.72. The number of thiocarbonyl (C=S) groups is 1. The molecule has 0 atom stereocenters. The normalized spacial score (nSPS) is 16.5. The van der Waals surface area contributed by atoms with Gasteiger partial charge in [-0.3, -0.25) is 0 Å². The molecule has 4 nitrogen and oxygen atoms in total. The smallest absolute Gasteiger partial charge is 0.107 e. The van der Waals surface area contributed by atoms with Crippen LogP contribution in [0, 0.1) is 0 Å². The molecule has 3 N–H and O–H groups in total. The number of thioether (sulfide) groups is 1. The second kappa shape index (κ2) is 6.38. The lowest BCUT2D eigenvalue weighted by atomic mass is 10.2. The van der Waals surface area contributed by atoms with Crippen molar-refractivity contribution in [1.82, 2.24) is 5.01 Å². The van der Waals surface area contributed by atoms with E-state index in [0.717, 1.165) is 42.4 Å². The van der Waals surface area contributed by atoms with Crippen LogP contribution in [0.2, 0.25) is 0 Å². The fraction of sp³-hybridized carbons (Fsp3) is 0.417. The molecule has 1 aromatic carbocycles. The van der Waals surface area contributed by atoms with Crippen molar-refractivity contribution >= 4 is 34.7 Å². The van der Waals surface area contributed by atoms with Gasteiger partial charge in [0.25, 0.3) is 0 Å². The number of rotatable bonds is 4. The van der Waals surface area contributed by atoms with Crippen LogP contribution in [-0.4, -0.2) is 42.6 Å². The Morgan fingerprint density at radius 3 is 2.78 bits per heavy atom. The Labute approximate surface area is 117 Å². The lowest BCUT2D eigenvalue weighted by molar-refractivity contribution is 0.0497. The lowest BCUT2D eigenvalue weighted by Crippen LogP contribution is -2.40. The predicted octanol–water partition coefficient (Wildman–Crippen LogP) is 1.70. The van der Waals surface area contributed by atoms with Crippen molar-refractivity contribution in [1.29, 1.82) is 0 Å². The summed E-state index contributed by atoms with van der Waals surface area (Å²) < 4.78 is 5.32. The quantitative estimate of drug-likeness (QED) is 0.648. The van der Waals surface area contributed by atoms with Crippen molar-refractivity contribution in [3.8, 4) is 0 Å². The Hall–Kier alpha value is -0.820. The maximum atomic E-state index is 5.83. The molecule has 1 fully saturated rings. The number of nitrogens with zero attached hydrogens (tertiary/aromatic N) is 1. The molecular weight excluding hydrogens is 266 g/mol. The van der Waals surface area contributed by atoms with Crippen LogP contribution in [0.3, 0.4) is 0 Å². The highest BCUT2D eigenvalue weighted by Gasteiger charge is 2.15. The van der Waals surface area contributed by atoms with Crippen molar-refractivity contribution in [3.63, 3.8) is 0 Å². The summed E-state index contributed by atoms with van der Waals surface area (Å²) in [7, 11) is 0. The van der Waals surface area contributed by atoms with Gasteiger partial charge in [0.05, 0.1) is 18.9 Å². The third-order valence-corrected chi connectivity index (χ3v) is 3.77. The van der Waals surface area contributed by atoms with Gasteiger partial charge in [-0.25, -0.2) is 5.01 Å². The molecule has 6 heteroatoms. The van der Waals surface area contributed by atoms with Gasteiger partial charge in [-0.05, 0) is 18.4 Å². The molecule has 0 amide bonds. The highest BCUT2D eigenvalue weighted by molar-refractivity contribution is 7.98. The largest absolute Gasteiger partial charge is 0.389 e. The lowest BCUT2D eigenvalue weighted by Gasteiger charge is -2.29. The number of anilines is 1. The number of ether oxygens (including phenoxy) is 1. The molecule has 18 heavy (non-hydrogen) atoms. The van der Waals surface area contributed by atoms with E-state index < -0.39 is 0 Å². The molecule has 0 radical (unpaired) electrons. The zero-order valence-corrected chi connectivity index (χ0v) is 11.9. The Kier molecular flexibility index (Phi) is 4.82. The van der Waals surface area contributed by atoms with E-state index in [1.54, 1.807) is 11.8 Å². The van der Waals surface area contributed by atoms with Crippen molar-refractivity contribution in [2.24, 2.45) is 5.73 Å². The summed E-state index contributed by atoms with van der Waals surface area (Å²) in [6.07, 6.45) is 2.02. The van der Waals surface area contributed by atoms with Crippen LogP contribution in [-0.2, 0) is 4.74 Å². The molecule has 1 aromatic rings. The summed E-state index contributed by atoms with van der Waals surface area (Å²) in [5.74, 6) is 0. The summed E-state index contributed by atoms with van der Waals surface area (Å²) in [5, 5.41) is 2.13. The minimum atomic E-state index is 0.427. The van der Waals surface area contributed by atoms with Gasteiger partial charge in [0.2, 0.25) is 0 Å². The number of hydrogen-bond acceptors (Lipinski definition) is 5. The van der Waals surface area contributed by atoms with Crippen molar-refractivity contribution in [2.45, 2.75) is 4.90 Å². The molecule has 0 spiro atoms. The Balaban J connectivity index is 2.23.